The molecule has 0 aliphatic rings. The summed E-state index contributed by atoms with van der Waals surface area (Å²) in [7, 11) is 4.31. The van der Waals surface area contributed by atoms with Gasteiger partial charge in [-0.2, -0.15) is 5.26 Å². The number of methoxy groups -OCH3 is 3. The Kier molecular flexibility index (Phi) is 7.16. The van der Waals surface area contributed by atoms with Crippen LogP contribution in [-0.4, -0.2) is 32.2 Å². The van der Waals surface area contributed by atoms with E-state index in [-0.39, 0.29) is 22.7 Å². The SMILES string of the molecule is COc1ccc([N+](=O)[O-])cc1NC(=O)/C(C#N)=C/c1cc(Br)c(OC)c(OC)c1. The third-order valence-corrected chi connectivity index (χ3v) is 4.36. The Morgan fingerprint density at radius 3 is 2.41 bits per heavy atom. The summed E-state index contributed by atoms with van der Waals surface area (Å²) in [4.78, 5) is 22.9. The van der Waals surface area contributed by atoms with Crippen LogP contribution in [0, 0.1) is 21.4 Å². The van der Waals surface area contributed by atoms with Crippen molar-refractivity contribution >= 4 is 39.3 Å². The van der Waals surface area contributed by atoms with Gasteiger partial charge in [-0.1, -0.05) is 0 Å². The second-order valence-electron chi connectivity index (χ2n) is 5.50. The van der Waals surface area contributed by atoms with E-state index in [1.807, 2.05) is 6.07 Å². The molecule has 150 valence electrons. The molecule has 0 atom stereocenters. The second-order valence-corrected chi connectivity index (χ2v) is 6.36. The maximum absolute atomic E-state index is 12.6. The summed E-state index contributed by atoms with van der Waals surface area (Å²) in [6.07, 6.45) is 1.35. The van der Waals surface area contributed by atoms with Crippen molar-refractivity contribution in [2.75, 3.05) is 26.6 Å². The third kappa shape index (κ3) is 5.03. The molecule has 0 saturated carbocycles. The van der Waals surface area contributed by atoms with Crippen molar-refractivity contribution < 1.29 is 23.9 Å². The first-order valence-electron chi connectivity index (χ1n) is 8.01. The minimum atomic E-state index is -0.753. The number of nitro benzene ring substituents is 1. The van der Waals surface area contributed by atoms with Gasteiger partial charge < -0.3 is 19.5 Å². The Morgan fingerprint density at radius 2 is 1.86 bits per heavy atom. The number of nitriles is 1. The molecule has 29 heavy (non-hydrogen) atoms. The molecule has 0 fully saturated rings. The van der Waals surface area contributed by atoms with Crippen molar-refractivity contribution in [2.24, 2.45) is 0 Å². The highest BCUT2D eigenvalue weighted by Crippen LogP contribution is 2.37. The first-order chi connectivity index (χ1) is 13.8. The van der Waals surface area contributed by atoms with E-state index in [2.05, 4.69) is 21.2 Å². The van der Waals surface area contributed by atoms with Crippen LogP contribution in [0.1, 0.15) is 5.56 Å². The van der Waals surface area contributed by atoms with E-state index in [1.54, 1.807) is 12.1 Å². The molecule has 0 aromatic heterocycles. The number of halogens is 1. The number of rotatable bonds is 7. The van der Waals surface area contributed by atoms with Crippen molar-refractivity contribution in [3.63, 3.8) is 0 Å². The molecule has 2 rings (SSSR count). The number of benzene rings is 2. The summed E-state index contributed by atoms with van der Waals surface area (Å²) in [6.45, 7) is 0. The number of non-ortho nitro benzene ring substituents is 1. The van der Waals surface area contributed by atoms with E-state index >= 15 is 0 Å². The van der Waals surface area contributed by atoms with Crippen molar-refractivity contribution in [3.05, 3.63) is 56.1 Å². The number of anilines is 1. The zero-order valence-electron chi connectivity index (χ0n) is 15.7. The van der Waals surface area contributed by atoms with Crippen molar-refractivity contribution in [3.8, 4) is 23.3 Å². The number of nitrogens with one attached hydrogen (secondary N) is 1. The van der Waals surface area contributed by atoms with E-state index < -0.39 is 10.8 Å². The van der Waals surface area contributed by atoms with E-state index in [1.165, 1.54) is 39.5 Å². The molecule has 2 aromatic rings. The number of amides is 1. The number of hydrogen-bond donors (Lipinski definition) is 1. The van der Waals surface area contributed by atoms with Crippen LogP contribution in [0.4, 0.5) is 11.4 Å². The molecule has 0 unspecified atom stereocenters. The molecule has 0 bridgehead atoms. The summed E-state index contributed by atoms with van der Waals surface area (Å²) in [5.74, 6) is 0.340. The average molecular weight is 462 g/mol. The van der Waals surface area contributed by atoms with Crippen LogP contribution in [0.15, 0.2) is 40.4 Å². The molecule has 0 aliphatic heterocycles. The van der Waals surface area contributed by atoms with E-state index in [0.29, 0.717) is 21.5 Å². The number of nitrogens with zero attached hydrogens (tertiary/aromatic N) is 2. The molecule has 2 aromatic carbocycles. The van der Waals surface area contributed by atoms with Crippen LogP contribution in [0.5, 0.6) is 17.2 Å². The highest BCUT2D eigenvalue weighted by atomic mass is 79.9. The zero-order chi connectivity index (χ0) is 21.6. The number of nitro groups is 1. The van der Waals surface area contributed by atoms with Gasteiger partial charge in [0.25, 0.3) is 11.6 Å². The van der Waals surface area contributed by atoms with Crippen LogP contribution in [-0.2, 0) is 4.79 Å². The minimum absolute atomic E-state index is 0.0707. The summed E-state index contributed by atoms with van der Waals surface area (Å²) in [5, 5.41) is 22.9. The van der Waals surface area contributed by atoms with Gasteiger partial charge in [-0.05, 0) is 45.8 Å². The predicted molar refractivity (Wildman–Crippen MR) is 109 cm³/mol. The molecular formula is C19H16BrN3O6. The first-order valence-corrected chi connectivity index (χ1v) is 8.81. The zero-order valence-corrected chi connectivity index (χ0v) is 17.3. The summed E-state index contributed by atoms with van der Waals surface area (Å²) < 4.78 is 16.2. The monoisotopic (exact) mass is 461 g/mol. The first kappa shape index (κ1) is 21.7. The van der Waals surface area contributed by atoms with E-state index in [0.717, 1.165) is 6.07 Å². The topological polar surface area (TPSA) is 124 Å². The van der Waals surface area contributed by atoms with Gasteiger partial charge >= 0.3 is 0 Å². The van der Waals surface area contributed by atoms with Gasteiger partial charge in [0.05, 0.1) is 36.4 Å². The molecule has 9 nitrogen and oxygen atoms in total. The Labute approximate surface area is 174 Å². The molecule has 0 saturated heterocycles. The second kappa shape index (κ2) is 9.57. The Morgan fingerprint density at radius 1 is 1.17 bits per heavy atom. The van der Waals surface area contributed by atoms with Gasteiger partial charge in [0.1, 0.15) is 17.4 Å². The van der Waals surface area contributed by atoms with Crippen LogP contribution in [0.25, 0.3) is 6.08 Å². The van der Waals surface area contributed by atoms with Gasteiger partial charge in [-0.3, -0.25) is 14.9 Å². The van der Waals surface area contributed by atoms with Crippen LogP contribution >= 0.6 is 15.9 Å². The van der Waals surface area contributed by atoms with Gasteiger partial charge in [0, 0.05) is 12.1 Å². The van der Waals surface area contributed by atoms with Gasteiger partial charge in [0.15, 0.2) is 11.5 Å². The highest BCUT2D eigenvalue weighted by molar-refractivity contribution is 9.10. The van der Waals surface area contributed by atoms with Crippen LogP contribution < -0.4 is 19.5 Å². The lowest BCUT2D eigenvalue weighted by Crippen LogP contribution is -2.14. The fourth-order valence-electron chi connectivity index (χ4n) is 2.43. The van der Waals surface area contributed by atoms with E-state index in [4.69, 9.17) is 14.2 Å². The van der Waals surface area contributed by atoms with Crippen LogP contribution in [0.2, 0.25) is 0 Å². The molecular weight excluding hydrogens is 446 g/mol. The molecule has 1 N–H and O–H groups in total. The molecule has 0 radical (unpaired) electrons. The predicted octanol–water partition coefficient (Wildman–Crippen LogP) is 3.93. The van der Waals surface area contributed by atoms with Gasteiger partial charge in [-0.25, -0.2) is 0 Å². The molecule has 0 heterocycles. The maximum atomic E-state index is 12.6. The number of hydrogen-bond acceptors (Lipinski definition) is 7. The molecule has 1 amide bonds. The van der Waals surface area contributed by atoms with Gasteiger partial charge in [0.2, 0.25) is 0 Å². The number of carbonyl (C=O) groups excluding carboxylic acids is 1. The Hall–Kier alpha value is -3.58. The number of ether oxygens (including phenoxy) is 3. The van der Waals surface area contributed by atoms with Gasteiger partial charge in [-0.15, -0.1) is 0 Å². The highest BCUT2D eigenvalue weighted by Gasteiger charge is 2.17. The van der Waals surface area contributed by atoms with Crippen molar-refractivity contribution in [2.45, 2.75) is 0 Å². The average Bonchev–Trinajstić information content (AvgIpc) is 2.71. The fraction of sp³-hybridized carbons (Fsp3) is 0.158. The maximum Gasteiger partial charge on any atom is 0.271 e. The fourth-order valence-corrected chi connectivity index (χ4v) is 3.05. The normalized spacial score (nSPS) is 10.7. The minimum Gasteiger partial charge on any atom is -0.495 e. The quantitative estimate of drug-likeness (QED) is 0.286. The van der Waals surface area contributed by atoms with Crippen molar-refractivity contribution in [1.82, 2.24) is 0 Å². The smallest absolute Gasteiger partial charge is 0.271 e. The Balaban J connectivity index is 2.40. The Bertz CT molecular complexity index is 1030. The van der Waals surface area contributed by atoms with E-state index in [9.17, 15) is 20.2 Å². The molecule has 10 heteroatoms. The summed E-state index contributed by atoms with van der Waals surface area (Å²) >= 11 is 3.34. The molecule has 0 aliphatic carbocycles. The number of carbonyl (C=O) groups is 1. The lowest BCUT2D eigenvalue weighted by molar-refractivity contribution is -0.384. The van der Waals surface area contributed by atoms with Crippen molar-refractivity contribution in [1.29, 1.82) is 5.26 Å². The van der Waals surface area contributed by atoms with Crippen LogP contribution in [0.3, 0.4) is 0 Å². The third-order valence-electron chi connectivity index (χ3n) is 3.77. The molecule has 0 spiro atoms. The lowest BCUT2D eigenvalue weighted by Gasteiger charge is -2.11. The summed E-state index contributed by atoms with van der Waals surface area (Å²) in [5.41, 5.74) is 0.124. The summed E-state index contributed by atoms with van der Waals surface area (Å²) in [6, 6.07) is 8.82. The lowest BCUT2D eigenvalue weighted by atomic mass is 10.1. The largest absolute Gasteiger partial charge is 0.495 e. The standard InChI is InChI=1S/C19H16BrN3O6/c1-27-16-5-4-13(23(25)26)9-15(16)22-19(24)12(10-21)6-11-7-14(20)18(29-3)17(8-11)28-2/h4-9H,1-3H3,(H,22,24)/b12-6+.